The second-order valence-corrected chi connectivity index (χ2v) is 6.42. The maximum Gasteiger partial charge on any atom is 0.339 e. The lowest BCUT2D eigenvalue weighted by Gasteiger charge is -2.13. The molecule has 0 bridgehead atoms. The molecule has 1 aromatic heterocycles. The number of carbonyl (C=O) groups is 2. The number of Topliss-reactive ketones (excluding diaryl/α,β-unsaturated/α-hetero) is 1. The van der Waals surface area contributed by atoms with Crippen LogP contribution < -0.4 is 0 Å². The summed E-state index contributed by atoms with van der Waals surface area (Å²) in [6, 6.07) is 14.5. The minimum absolute atomic E-state index is 0.217. The van der Waals surface area contributed by atoms with Crippen molar-refractivity contribution < 1.29 is 14.3 Å². The highest BCUT2D eigenvalue weighted by Gasteiger charge is 2.25. The lowest BCUT2D eigenvalue weighted by molar-refractivity contribution is 0.0318. The fourth-order valence-corrected chi connectivity index (χ4v) is 3.15. The normalized spacial score (nSPS) is 12.1. The summed E-state index contributed by atoms with van der Waals surface area (Å²) in [4.78, 5) is 28.3. The Bertz CT molecular complexity index is 929. The zero-order valence-electron chi connectivity index (χ0n) is 13.3. The van der Waals surface area contributed by atoms with Crippen molar-refractivity contribution >= 4 is 38.6 Å². The zero-order valence-corrected chi connectivity index (χ0v) is 14.9. The van der Waals surface area contributed by atoms with Crippen LogP contribution in [0.2, 0.25) is 0 Å². The highest BCUT2D eigenvalue weighted by atomic mass is 79.9. The monoisotopic (exact) mass is 385 g/mol. The summed E-state index contributed by atoms with van der Waals surface area (Å²) in [5.74, 6) is -0.744. The van der Waals surface area contributed by atoms with E-state index >= 15 is 0 Å². The van der Waals surface area contributed by atoms with Gasteiger partial charge in [0.05, 0.1) is 5.56 Å². The van der Waals surface area contributed by atoms with E-state index in [1.54, 1.807) is 25.1 Å². The topological polar surface area (TPSA) is 59.2 Å². The number of rotatable bonds is 4. The van der Waals surface area contributed by atoms with E-state index in [4.69, 9.17) is 4.74 Å². The van der Waals surface area contributed by atoms with Gasteiger partial charge < -0.3 is 9.72 Å². The molecule has 24 heavy (non-hydrogen) atoms. The number of halogens is 1. The van der Waals surface area contributed by atoms with Crippen LogP contribution in [-0.4, -0.2) is 22.8 Å². The van der Waals surface area contributed by atoms with Gasteiger partial charge in [0.1, 0.15) is 0 Å². The van der Waals surface area contributed by atoms with Crippen LogP contribution in [0.5, 0.6) is 0 Å². The van der Waals surface area contributed by atoms with Crippen LogP contribution in [0.1, 0.15) is 33.3 Å². The smallest absolute Gasteiger partial charge is 0.339 e. The molecule has 0 unspecified atom stereocenters. The van der Waals surface area contributed by atoms with Gasteiger partial charge >= 0.3 is 5.97 Å². The van der Waals surface area contributed by atoms with Crippen LogP contribution in [0.3, 0.4) is 0 Å². The lowest BCUT2D eigenvalue weighted by Crippen LogP contribution is -2.25. The number of hydrogen-bond donors (Lipinski definition) is 1. The summed E-state index contributed by atoms with van der Waals surface area (Å²) in [7, 11) is 0. The second kappa shape index (κ2) is 6.61. The summed E-state index contributed by atoms with van der Waals surface area (Å²) in [5.41, 5.74) is 2.62. The number of ether oxygens (including phenoxy) is 1. The summed E-state index contributed by atoms with van der Waals surface area (Å²) in [6.07, 6.45) is -0.873. The summed E-state index contributed by atoms with van der Waals surface area (Å²) >= 11 is 3.32. The Balaban J connectivity index is 1.86. The molecule has 0 fully saturated rings. The molecule has 3 aromatic rings. The van der Waals surface area contributed by atoms with Crippen molar-refractivity contribution in [3.8, 4) is 0 Å². The largest absolute Gasteiger partial charge is 0.451 e. The molecule has 0 aliphatic rings. The number of carbonyl (C=O) groups excluding carboxylic acids is 2. The van der Waals surface area contributed by atoms with Crippen molar-refractivity contribution in [2.24, 2.45) is 0 Å². The first kappa shape index (κ1) is 16.5. The van der Waals surface area contributed by atoms with E-state index in [0.717, 1.165) is 16.6 Å². The number of H-pyrrole nitrogens is 1. The number of aromatic nitrogens is 1. The number of benzene rings is 2. The molecule has 2 aromatic carbocycles. The van der Waals surface area contributed by atoms with Gasteiger partial charge in [-0.25, -0.2) is 4.79 Å². The number of hydrogen-bond acceptors (Lipinski definition) is 3. The number of nitrogens with one attached hydrogen (secondary N) is 1. The van der Waals surface area contributed by atoms with E-state index in [-0.39, 0.29) is 5.78 Å². The fraction of sp³-hybridized carbons (Fsp3) is 0.158. The molecule has 0 radical (unpaired) electrons. The Labute approximate surface area is 148 Å². The van der Waals surface area contributed by atoms with E-state index in [1.807, 2.05) is 37.3 Å². The van der Waals surface area contributed by atoms with Gasteiger partial charge in [0.2, 0.25) is 5.78 Å². The van der Waals surface area contributed by atoms with Gasteiger partial charge in [0.15, 0.2) is 6.10 Å². The zero-order chi connectivity index (χ0) is 17.3. The third-order valence-corrected chi connectivity index (χ3v) is 4.58. The minimum Gasteiger partial charge on any atom is -0.451 e. The molecule has 3 rings (SSSR count). The van der Waals surface area contributed by atoms with Crippen molar-refractivity contribution in [1.29, 1.82) is 0 Å². The van der Waals surface area contributed by atoms with Crippen LogP contribution >= 0.6 is 15.9 Å². The number of esters is 1. The third-order valence-electron chi connectivity index (χ3n) is 3.89. The highest BCUT2D eigenvalue weighted by Crippen LogP contribution is 2.24. The van der Waals surface area contributed by atoms with E-state index in [2.05, 4.69) is 20.9 Å². The van der Waals surface area contributed by atoms with E-state index in [9.17, 15) is 9.59 Å². The quantitative estimate of drug-likeness (QED) is 0.524. The Kier molecular flexibility index (Phi) is 4.53. The van der Waals surface area contributed by atoms with Crippen molar-refractivity contribution in [3.05, 3.63) is 69.8 Å². The van der Waals surface area contributed by atoms with Crippen LogP contribution in [0.25, 0.3) is 10.9 Å². The minimum atomic E-state index is -0.873. The molecule has 0 spiro atoms. The number of aromatic amines is 1. The lowest BCUT2D eigenvalue weighted by atomic mass is 10.0. The first-order valence-electron chi connectivity index (χ1n) is 7.56. The first-order valence-corrected chi connectivity index (χ1v) is 8.35. The Hall–Kier alpha value is -2.40. The van der Waals surface area contributed by atoms with Crippen molar-refractivity contribution in [3.63, 3.8) is 0 Å². The first-order chi connectivity index (χ1) is 11.5. The van der Waals surface area contributed by atoms with Gasteiger partial charge in [0, 0.05) is 26.6 Å². The maximum absolute atomic E-state index is 12.8. The average molecular weight is 386 g/mol. The molecule has 0 aliphatic carbocycles. The predicted molar refractivity (Wildman–Crippen MR) is 96.4 cm³/mol. The summed E-state index contributed by atoms with van der Waals surface area (Å²) in [5, 5.41) is 0.837. The molecule has 1 N–H and O–H groups in total. The van der Waals surface area contributed by atoms with Crippen molar-refractivity contribution in [2.75, 3.05) is 0 Å². The Morgan fingerprint density at radius 1 is 1.08 bits per heavy atom. The molecule has 1 heterocycles. The van der Waals surface area contributed by atoms with Gasteiger partial charge in [-0.15, -0.1) is 0 Å². The molecule has 5 heteroatoms. The SMILES string of the molecule is Cc1[nH]c2ccccc2c1C(=O)[C@@H](C)OC(=O)c1ccccc1Br. The van der Waals surface area contributed by atoms with E-state index < -0.39 is 12.1 Å². The van der Waals surface area contributed by atoms with Gasteiger partial charge in [-0.2, -0.15) is 0 Å². The summed E-state index contributed by atoms with van der Waals surface area (Å²) < 4.78 is 6.01. The van der Waals surface area contributed by atoms with E-state index in [0.29, 0.717) is 15.6 Å². The van der Waals surface area contributed by atoms with Crippen LogP contribution in [0.4, 0.5) is 0 Å². The molecule has 4 nitrogen and oxygen atoms in total. The third kappa shape index (κ3) is 2.99. The molecular weight excluding hydrogens is 370 g/mol. The highest BCUT2D eigenvalue weighted by molar-refractivity contribution is 9.10. The molecule has 0 saturated carbocycles. The number of fused-ring (bicyclic) bond motifs is 1. The van der Waals surface area contributed by atoms with Crippen molar-refractivity contribution in [1.82, 2.24) is 4.98 Å². The van der Waals surface area contributed by atoms with Gasteiger partial charge in [0.25, 0.3) is 0 Å². The molecular formula is C19H16BrNO3. The fourth-order valence-electron chi connectivity index (χ4n) is 2.70. The standard InChI is InChI=1S/C19H16BrNO3/c1-11-17(14-8-4-6-10-16(14)21-11)18(22)12(2)24-19(23)13-7-3-5-9-15(13)20/h3-10,12,21H,1-2H3/t12-/m1/s1. The van der Waals surface area contributed by atoms with Gasteiger partial charge in [-0.1, -0.05) is 30.3 Å². The molecule has 1 atom stereocenters. The predicted octanol–water partition coefficient (Wildman–Crippen LogP) is 4.67. The summed E-state index contributed by atoms with van der Waals surface area (Å²) in [6.45, 7) is 3.44. The van der Waals surface area contributed by atoms with Gasteiger partial charge in [-0.05, 0) is 48.0 Å². The number of aryl methyl sites for hydroxylation is 1. The van der Waals surface area contributed by atoms with Gasteiger partial charge in [-0.3, -0.25) is 4.79 Å². The van der Waals surface area contributed by atoms with E-state index in [1.165, 1.54) is 0 Å². The number of ketones is 1. The van der Waals surface area contributed by atoms with Crippen LogP contribution in [-0.2, 0) is 4.74 Å². The average Bonchev–Trinajstić information content (AvgIpc) is 2.90. The van der Waals surface area contributed by atoms with Crippen molar-refractivity contribution in [2.45, 2.75) is 20.0 Å². The molecule has 0 aliphatic heterocycles. The molecule has 122 valence electrons. The Morgan fingerprint density at radius 2 is 1.75 bits per heavy atom. The number of para-hydroxylation sites is 1. The molecule has 0 saturated heterocycles. The second-order valence-electron chi connectivity index (χ2n) is 5.56. The Morgan fingerprint density at radius 3 is 2.50 bits per heavy atom. The maximum atomic E-state index is 12.8. The molecule has 0 amide bonds. The van der Waals surface area contributed by atoms with Crippen LogP contribution in [0, 0.1) is 6.92 Å². The van der Waals surface area contributed by atoms with Crippen LogP contribution in [0.15, 0.2) is 53.0 Å².